The topological polar surface area (TPSA) is 44.1 Å². The number of thiophene rings is 2. The molecule has 3 aromatic heterocycles. The summed E-state index contributed by atoms with van der Waals surface area (Å²) in [5, 5.41) is 4.60. The zero-order chi connectivity index (χ0) is 18.8. The highest BCUT2D eigenvalue weighted by Gasteiger charge is 2.17. The molecule has 7 heteroatoms. The van der Waals surface area contributed by atoms with Crippen molar-refractivity contribution < 1.29 is 9.13 Å². The van der Waals surface area contributed by atoms with Crippen molar-refractivity contribution in [1.29, 1.82) is 0 Å². The Balaban J connectivity index is 1.89. The lowest BCUT2D eigenvalue weighted by molar-refractivity contribution is 0.199. The van der Waals surface area contributed by atoms with E-state index >= 15 is 0 Å². The minimum absolute atomic E-state index is 0.0972. The second-order valence-electron chi connectivity index (χ2n) is 6.10. The summed E-state index contributed by atoms with van der Waals surface area (Å²) >= 11 is 3.07. The van der Waals surface area contributed by atoms with E-state index in [9.17, 15) is 9.18 Å². The molecule has 0 atom stereocenters. The molecule has 4 rings (SSSR count). The van der Waals surface area contributed by atoms with E-state index in [0.29, 0.717) is 24.2 Å². The Labute approximate surface area is 163 Å². The molecule has 0 radical (unpaired) electrons. The fourth-order valence-electron chi connectivity index (χ4n) is 3.04. The van der Waals surface area contributed by atoms with E-state index in [1.807, 2.05) is 29.0 Å². The molecule has 0 fully saturated rings. The van der Waals surface area contributed by atoms with Crippen molar-refractivity contribution in [1.82, 2.24) is 9.55 Å². The summed E-state index contributed by atoms with van der Waals surface area (Å²) in [4.78, 5) is 19.9. The molecule has 0 unspecified atom stereocenters. The maximum Gasteiger partial charge on any atom is 0.263 e. The van der Waals surface area contributed by atoms with Gasteiger partial charge in [-0.25, -0.2) is 9.37 Å². The number of rotatable bonds is 6. The van der Waals surface area contributed by atoms with Gasteiger partial charge < -0.3 is 4.74 Å². The van der Waals surface area contributed by atoms with Gasteiger partial charge in [-0.05, 0) is 29.1 Å². The average molecular weight is 401 g/mol. The summed E-state index contributed by atoms with van der Waals surface area (Å²) < 4.78 is 20.4. The number of methoxy groups -OCH3 is 1. The maximum absolute atomic E-state index is 13.6. The fourth-order valence-corrected chi connectivity index (χ4v) is 4.82. The summed E-state index contributed by atoms with van der Waals surface area (Å²) in [6.07, 6.45) is 0.517. The first-order valence-corrected chi connectivity index (χ1v) is 10.2. The van der Waals surface area contributed by atoms with Gasteiger partial charge in [0.15, 0.2) is 0 Å². The summed E-state index contributed by atoms with van der Waals surface area (Å²) in [5.74, 6) is 0.334. The van der Waals surface area contributed by atoms with Crippen LogP contribution in [-0.2, 0) is 17.7 Å². The minimum Gasteiger partial charge on any atom is -0.384 e. The van der Waals surface area contributed by atoms with Gasteiger partial charge in [0, 0.05) is 29.4 Å². The first-order valence-electron chi connectivity index (χ1n) is 8.45. The van der Waals surface area contributed by atoms with Gasteiger partial charge in [0.05, 0.1) is 18.5 Å². The monoisotopic (exact) mass is 400 g/mol. The summed E-state index contributed by atoms with van der Waals surface area (Å²) in [6.45, 7) is 0.739. The van der Waals surface area contributed by atoms with Crippen LogP contribution in [0.4, 0.5) is 4.39 Å². The predicted molar refractivity (Wildman–Crippen MR) is 108 cm³/mol. The average Bonchev–Trinajstić information content (AvgIpc) is 3.32. The first kappa shape index (κ1) is 18.0. The van der Waals surface area contributed by atoms with E-state index in [-0.39, 0.29) is 17.9 Å². The SMILES string of the molecule is COCCc1nc2scc(-c3cccs3)c2c(=O)n1Cc1cccc(F)c1. The lowest BCUT2D eigenvalue weighted by Gasteiger charge is -2.13. The molecule has 0 bridgehead atoms. The molecular formula is C20H17FN2O2S2. The molecule has 3 heterocycles. The van der Waals surface area contributed by atoms with Crippen LogP contribution in [0.5, 0.6) is 0 Å². The Morgan fingerprint density at radius 3 is 2.85 bits per heavy atom. The van der Waals surface area contributed by atoms with Crippen LogP contribution in [-0.4, -0.2) is 23.3 Å². The van der Waals surface area contributed by atoms with Crippen LogP contribution >= 0.6 is 22.7 Å². The molecular weight excluding hydrogens is 383 g/mol. The van der Waals surface area contributed by atoms with Crippen LogP contribution in [0.15, 0.2) is 52.0 Å². The largest absolute Gasteiger partial charge is 0.384 e. The zero-order valence-corrected chi connectivity index (χ0v) is 16.3. The zero-order valence-electron chi connectivity index (χ0n) is 14.6. The molecule has 4 aromatic rings. The Kier molecular flexibility index (Phi) is 5.15. The molecule has 0 aliphatic carbocycles. The Hall–Kier alpha value is -2.35. The number of hydrogen-bond donors (Lipinski definition) is 0. The van der Waals surface area contributed by atoms with E-state index in [1.54, 1.807) is 29.1 Å². The molecule has 0 aliphatic heterocycles. The molecule has 27 heavy (non-hydrogen) atoms. The molecule has 0 saturated heterocycles. The van der Waals surface area contributed by atoms with Crippen LogP contribution in [0.1, 0.15) is 11.4 Å². The van der Waals surface area contributed by atoms with Crippen LogP contribution in [0.2, 0.25) is 0 Å². The fraction of sp³-hybridized carbons (Fsp3) is 0.200. The Morgan fingerprint density at radius 1 is 1.22 bits per heavy atom. The minimum atomic E-state index is -0.317. The van der Waals surface area contributed by atoms with Crippen molar-refractivity contribution in [2.45, 2.75) is 13.0 Å². The molecule has 0 aliphatic rings. The summed E-state index contributed by atoms with van der Waals surface area (Å²) in [6, 6.07) is 10.3. The number of nitrogens with zero attached hydrogens (tertiary/aromatic N) is 2. The van der Waals surface area contributed by atoms with Gasteiger partial charge in [-0.1, -0.05) is 18.2 Å². The second kappa shape index (κ2) is 7.72. The summed E-state index contributed by atoms with van der Waals surface area (Å²) in [7, 11) is 1.62. The van der Waals surface area contributed by atoms with E-state index in [1.165, 1.54) is 23.5 Å². The number of hydrogen-bond acceptors (Lipinski definition) is 5. The maximum atomic E-state index is 13.6. The normalized spacial score (nSPS) is 11.3. The van der Waals surface area contributed by atoms with Gasteiger partial charge in [0.2, 0.25) is 0 Å². The van der Waals surface area contributed by atoms with Crippen LogP contribution in [0, 0.1) is 5.82 Å². The molecule has 4 nitrogen and oxygen atoms in total. The third-order valence-corrected chi connectivity index (χ3v) is 6.09. The highest BCUT2D eigenvalue weighted by molar-refractivity contribution is 7.18. The van der Waals surface area contributed by atoms with Gasteiger partial charge in [0.1, 0.15) is 16.5 Å². The lowest BCUT2D eigenvalue weighted by Crippen LogP contribution is -2.26. The highest BCUT2D eigenvalue weighted by atomic mass is 32.1. The van der Waals surface area contributed by atoms with Crippen LogP contribution < -0.4 is 5.56 Å². The summed E-state index contributed by atoms with van der Waals surface area (Å²) in [5.41, 5.74) is 1.54. The van der Waals surface area contributed by atoms with Crippen molar-refractivity contribution in [3.8, 4) is 10.4 Å². The first-order chi connectivity index (χ1) is 13.2. The van der Waals surface area contributed by atoms with E-state index in [0.717, 1.165) is 20.8 Å². The second-order valence-corrected chi connectivity index (χ2v) is 7.90. The lowest BCUT2D eigenvalue weighted by atomic mass is 10.2. The van der Waals surface area contributed by atoms with Crippen molar-refractivity contribution in [3.05, 3.63) is 74.7 Å². The molecule has 0 amide bonds. The van der Waals surface area contributed by atoms with Gasteiger partial charge in [-0.3, -0.25) is 9.36 Å². The number of ether oxygens (including phenoxy) is 1. The smallest absolute Gasteiger partial charge is 0.263 e. The number of benzene rings is 1. The van der Waals surface area contributed by atoms with Gasteiger partial charge in [-0.15, -0.1) is 22.7 Å². The van der Waals surface area contributed by atoms with Crippen LogP contribution in [0.25, 0.3) is 20.7 Å². The quantitative estimate of drug-likeness (QED) is 0.476. The standard InChI is InChI=1S/C20H17FN2O2S2/c1-25-8-7-17-22-19-18(15(12-27-19)16-6-3-9-26-16)20(24)23(17)11-13-4-2-5-14(21)10-13/h2-6,9-10,12H,7-8,11H2,1H3. The number of fused-ring (bicyclic) bond motifs is 1. The molecule has 0 saturated carbocycles. The predicted octanol–water partition coefficient (Wildman–Crippen LogP) is 4.56. The number of aromatic nitrogens is 2. The van der Waals surface area contributed by atoms with Crippen LogP contribution in [0.3, 0.4) is 0 Å². The molecule has 0 N–H and O–H groups in total. The molecule has 1 aromatic carbocycles. The van der Waals surface area contributed by atoms with E-state index < -0.39 is 0 Å². The van der Waals surface area contributed by atoms with Crippen molar-refractivity contribution >= 4 is 32.9 Å². The molecule has 138 valence electrons. The molecule has 0 spiro atoms. The Bertz CT molecular complexity index is 1130. The van der Waals surface area contributed by atoms with Crippen molar-refractivity contribution in [2.75, 3.05) is 13.7 Å². The van der Waals surface area contributed by atoms with Crippen molar-refractivity contribution in [3.63, 3.8) is 0 Å². The van der Waals surface area contributed by atoms with Crippen molar-refractivity contribution in [2.24, 2.45) is 0 Å². The third-order valence-electron chi connectivity index (χ3n) is 4.32. The van der Waals surface area contributed by atoms with Gasteiger partial charge in [0.25, 0.3) is 5.56 Å². The Morgan fingerprint density at radius 2 is 2.11 bits per heavy atom. The highest BCUT2D eigenvalue weighted by Crippen LogP contribution is 2.33. The van der Waals surface area contributed by atoms with Gasteiger partial charge >= 0.3 is 0 Å². The van der Waals surface area contributed by atoms with E-state index in [4.69, 9.17) is 9.72 Å². The van der Waals surface area contributed by atoms with E-state index in [2.05, 4.69) is 0 Å². The van der Waals surface area contributed by atoms with Gasteiger partial charge in [-0.2, -0.15) is 0 Å². The number of halogens is 1. The third kappa shape index (κ3) is 3.58.